The van der Waals surface area contributed by atoms with E-state index in [0.29, 0.717) is 0 Å². The maximum absolute atomic E-state index is 2.39. The van der Waals surface area contributed by atoms with E-state index in [1.807, 2.05) is 0 Å². The van der Waals surface area contributed by atoms with Crippen molar-refractivity contribution in [2.75, 3.05) is 0 Å². The first kappa shape index (κ1) is 16.3. The van der Waals surface area contributed by atoms with Crippen LogP contribution >= 0.6 is 0 Å². The summed E-state index contributed by atoms with van der Waals surface area (Å²) in [5, 5.41) is 0. The van der Waals surface area contributed by atoms with Crippen molar-refractivity contribution in [2.24, 2.45) is 0 Å². The molecule has 27 heavy (non-hydrogen) atoms. The smallest absolute Gasteiger partial charge is 0.0710 e. The minimum atomic E-state index is -0.218. The van der Waals surface area contributed by atoms with Crippen LogP contribution in [0, 0.1) is 13.8 Å². The molecule has 0 radical (unpaired) electrons. The lowest BCUT2D eigenvalue weighted by Crippen LogP contribution is -2.29. The van der Waals surface area contributed by atoms with Crippen molar-refractivity contribution in [2.45, 2.75) is 32.1 Å². The predicted octanol–water partition coefficient (Wildman–Crippen LogP) is 6.76. The zero-order chi connectivity index (χ0) is 18.4. The van der Waals surface area contributed by atoms with Crippen LogP contribution in [0.1, 0.15) is 46.2 Å². The maximum atomic E-state index is 2.39. The second kappa shape index (κ2) is 6.09. The van der Waals surface area contributed by atoms with Crippen LogP contribution in [0.3, 0.4) is 0 Å². The summed E-state index contributed by atoms with van der Waals surface area (Å²) in [6.07, 6.45) is 6.99. The van der Waals surface area contributed by atoms with E-state index in [-0.39, 0.29) is 5.41 Å². The molecule has 0 saturated carbocycles. The van der Waals surface area contributed by atoms with Crippen LogP contribution < -0.4 is 0 Å². The molecule has 0 N–H and O–H groups in total. The molecule has 0 atom stereocenters. The Balaban J connectivity index is 1.91. The second-order valence-corrected chi connectivity index (χ2v) is 7.86. The molecule has 0 aliphatic heterocycles. The lowest BCUT2D eigenvalue weighted by Gasteiger charge is -2.35. The van der Waals surface area contributed by atoms with Gasteiger partial charge in [-0.1, -0.05) is 96.1 Å². The van der Waals surface area contributed by atoms with E-state index in [1.165, 1.54) is 44.5 Å². The summed E-state index contributed by atoms with van der Waals surface area (Å²) in [4.78, 5) is 0. The molecule has 5 rings (SSSR count). The van der Waals surface area contributed by atoms with Crippen LogP contribution in [-0.4, -0.2) is 0 Å². The SMILES string of the molecule is Cc1ccc(C2(c3ccc(C)cc3)C3=C(CCC=C3)c3ccccc32)cc1. The van der Waals surface area contributed by atoms with Gasteiger partial charge in [0.25, 0.3) is 0 Å². The summed E-state index contributed by atoms with van der Waals surface area (Å²) in [7, 11) is 0. The Labute approximate surface area is 161 Å². The van der Waals surface area contributed by atoms with Crippen molar-refractivity contribution in [1.82, 2.24) is 0 Å². The minimum Gasteiger partial charge on any atom is -0.0839 e. The zero-order valence-electron chi connectivity index (χ0n) is 16.0. The van der Waals surface area contributed by atoms with Crippen LogP contribution in [0.4, 0.5) is 0 Å². The van der Waals surface area contributed by atoms with Crippen LogP contribution in [0.15, 0.2) is 90.5 Å². The Kier molecular flexibility index (Phi) is 3.68. The highest BCUT2D eigenvalue weighted by Gasteiger charge is 2.46. The Hall–Kier alpha value is -2.86. The molecule has 132 valence electrons. The van der Waals surface area contributed by atoms with Gasteiger partial charge in [0.1, 0.15) is 0 Å². The van der Waals surface area contributed by atoms with Crippen LogP contribution in [-0.2, 0) is 5.41 Å². The summed E-state index contributed by atoms with van der Waals surface area (Å²) in [5.41, 5.74) is 10.9. The third-order valence-electron chi connectivity index (χ3n) is 6.20. The van der Waals surface area contributed by atoms with Crippen molar-refractivity contribution in [3.05, 3.63) is 124 Å². The summed E-state index contributed by atoms with van der Waals surface area (Å²) in [5.74, 6) is 0. The first-order valence-electron chi connectivity index (χ1n) is 9.85. The number of hydrogen-bond acceptors (Lipinski definition) is 0. The maximum Gasteiger partial charge on any atom is 0.0710 e. The summed E-state index contributed by atoms with van der Waals surface area (Å²) in [6.45, 7) is 4.33. The van der Waals surface area contributed by atoms with Gasteiger partial charge in [0, 0.05) is 0 Å². The van der Waals surface area contributed by atoms with Crippen molar-refractivity contribution in [3.8, 4) is 0 Å². The van der Waals surface area contributed by atoms with Gasteiger partial charge in [-0.2, -0.15) is 0 Å². The molecule has 0 saturated heterocycles. The monoisotopic (exact) mass is 348 g/mol. The fraction of sp³-hybridized carbons (Fsp3) is 0.185. The first-order valence-corrected chi connectivity index (χ1v) is 9.85. The topological polar surface area (TPSA) is 0 Å². The van der Waals surface area contributed by atoms with Crippen molar-refractivity contribution in [1.29, 1.82) is 0 Å². The van der Waals surface area contributed by atoms with Gasteiger partial charge in [0.2, 0.25) is 0 Å². The van der Waals surface area contributed by atoms with Crippen molar-refractivity contribution in [3.63, 3.8) is 0 Å². The Morgan fingerprint density at radius 2 is 1.30 bits per heavy atom. The lowest BCUT2D eigenvalue weighted by molar-refractivity contribution is 0.756. The normalized spacial score (nSPS) is 17.0. The van der Waals surface area contributed by atoms with Gasteiger partial charge in [0.05, 0.1) is 5.41 Å². The van der Waals surface area contributed by atoms with Gasteiger partial charge in [-0.3, -0.25) is 0 Å². The van der Waals surface area contributed by atoms with Gasteiger partial charge in [0.15, 0.2) is 0 Å². The van der Waals surface area contributed by atoms with E-state index in [2.05, 4.69) is 98.8 Å². The molecule has 0 spiro atoms. The van der Waals surface area contributed by atoms with Gasteiger partial charge >= 0.3 is 0 Å². The number of benzene rings is 3. The highest BCUT2D eigenvalue weighted by atomic mass is 14.5. The molecule has 0 nitrogen and oxygen atoms in total. The third kappa shape index (κ3) is 2.29. The van der Waals surface area contributed by atoms with Gasteiger partial charge in [-0.05, 0) is 60.1 Å². The number of allylic oxidation sites excluding steroid dienone is 4. The predicted molar refractivity (Wildman–Crippen MR) is 114 cm³/mol. The Morgan fingerprint density at radius 1 is 0.704 bits per heavy atom. The molecule has 0 bridgehead atoms. The van der Waals surface area contributed by atoms with E-state index in [0.717, 1.165) is 12.8 Å². The molecule has 0 heteroatoms. The van der Waals surface area contributed by atoms with Crippen LogP contribution in [0.2, 0.25) is 0 Å². The minimum absolute atomic E-state index is 0.218. The average Bonchev–Trinajstić information content (AvgIpc) is 3.01. The zero-order valence-corrected chi connectivity index (χ0v) is 16.0. The molecular weight excluding hydrogens is 324 g/mol. The molecule has 0 heterocycles. The number of fused-ring (bicyclic) bond motifs is 2. The van der Waals surface area contributed by atoms with E-state index >= 15 is 0 Å². The Bertz CT molecular complexity index is 1010. The molecular formula is C27H24. The van der Waals surface area contributed by atoms with Gasteiger partial charge < -0.3 is 0 Å². The summed E-state index contributed by atoms with van der Waals surface area (Å²) >= 11 is 0. The molecule has 3 aromatic rings. The van der Waals surface area contributed by atoms with Crippen molar-refractivity contribution < 1.29 is 0 Å². The molecule has 0 fully saturated rings. The van der Waals surface area contributed by atoms with Crippen LogP contribution in [0.25, 0.3) is 5.57 Å². The average molecular weight is 348 g/mol. The van der Waals surface area contributed by atoms with E-state index in [1.54, 1.807) is 0 Å². The van der Waals surface area contributed by atoms with Gasteiger partial charge in [-0.25, -0.2) is 0 Å². The molecule has 2 aliphatic rings. The van der Waals surface area contributed by atoms with Gasteiger partial charge in [-0.15, -0.1) is 0 Å². The molecule has 3 aromatic carbocycles. The van der Waals surface area contributed by atoms with Crippen LogP contribution in [0.5, 0.6) is 0 Å². The molecule has 0 aromatic heterocycles. The summed E-state index contributed by atoms with van der Waals surface area (Å²) in [6, 6.07) is 27.3. The quantitative estimate of drug-likeness (QED) is 0.480. The third-order valence-corrected chi connectivity index (χ3v) is 6.20. The number of rotatable bonds is 2. The standard InChI is InChI=1S/C27H24/c1-19-11-15-21(16-12-19)27(22-17-13-20(2)14-18-22)25-9-5-3-7-23(25)24-8-4-6-10-26(24)27/h3,5-7,9-18H,4,8H2,1-2H3. The van der Waals surface area contributed by atoms with Crippen molar-refractivity contribution >= 4 is 5.57 Å². The second-order valence-electron chi connectivity index (χ2n) is 7.86. The van der Waals surface area contributed by atoms with E-state index < -0.39 is 0 Å². The fourth-order valence-electron chi connectivity index (χ4n) is 4.91. The largest absolute Gasteiger partial charge is 0.0839 e. The van der Waals surface area contributed by atoms with E-state index in [4.69, 9.17) is 0 Å². The highest BCUT2D eigenvalue weighted by molar-refractivity contribution is 5.88. The highest BCUT2D eigenvalue weighted by Crippen LogP contribution is 2.56. The number of aryl methyl sites for hydroxylation is 2. The molecule has 2 aliphatic carbocycles. The lowest BCUT2D eigenvalue weighted by atomic mass is 9.66. The first-order chi connectivity index (χ1) is 13.2. The molecule has 0 amide bonds. The number of hydrogen-bond donors (Lipinski definition) is 0. The molecule has 0 unspecified atom stereocenters. The fourth-order valence-corrected chi connectivity index (χ4v) is 4.91. The summed E-state index contributed by atoms with van der Waals surface area (Å²) < 4.78 is 0. The van der Waals surface area contributed by atoms with E-state index in [9.17, 15) is 0 Å². The Morgan fingerprint density at radius 3 is 1.93 bits per heavy atom.